The van der Waals surface area contributed by atoms with Gasteiger partial charge in [-0.1, -0.05) is 35.5 Å². The van der Waals surface area contributed by atoms with Crippen molar-refractivity contribution in [3.8, 4) is 11.3 Å². The Morgan fingerprint density at radius 2 is 1.85 bits per heavy atom. The standard InChI is InChI=1S/C31H35N7O2/c1-18(32)29(37(4)33)23-16-26-28(34-17-23)24-10-11-25(27-19(2)36-40-20(27)3)35-31(24)38(26)30(21-8-6-5-7-9-21)22-12-14-39-15-13-22/h5-11,16-17,22,30H,12-15,32-33H2,1-4H3/b29-18-/t30-/m1/s1. The van der Waals surface area contributed by atoms with Gasteiger partial charge in [-0.25, -0.2) is 10.8 Å². The fourth-order valence-corrected chi connectivity index (χ4v) is 6.20. The summed E-state index contributed by atoms with van der Waals surface area (Å²) in [5, 5.41) is 6.71. The molecule has 5 aromatic rings. The Morgan fingerprint density at radius 3 is 2.50 bits per heavy atom. The highest BCUT2D eigenvalue weighted by atomic mass is 16.5. The lowest BCUT2D eigenvalue weighted by molar-refractivity contribution is 0.0552. The van der Waals surface area contributed by atoms with Crippen LogP contribution in [-0.4, -0.2) is 45.0 Å². The second kappa shape index (κ2) is 10.4. The van der Waals surface area contributed by atoms with Crippen LogP contribution < -0.4 is 11.6 Å². The first-order valence-electron chi connectivity index (χ1n) is 13.7. The third-order valence-electron chi connectivity index (χ3n) is 7.91. The zero-order valence-electron chi connectivity index (χ0n) is 23.4. The van der Waals surface area contributed by atoms with E-state index in [9.17, 15) is 0 Å². The van der Waals surface area contributed by atoms with Gasteiger partial charge in [-0.3, -0.25) is 4.98 Å². The predicted molar refractivity (Wildman–Crippen MR) is 157 cm³/mol. The molecule has 1 aliphatic heterocycles. The van der Waals surface area contributed by atoms with Crippen molar-refractivity contribution in [3.63, 3.8) is 0 Å². The Morgan fingerprint density at radius 1 is 1.10 bits per heavy atom. The zero-order chi connectivity index (χ0) is 28.0. The number of aromatic nitrogens is 4. The maximum atomic E-state index is 6.28. The molecule has 5 heterocycles. The molecule has 1 atom stereocenters. The second-order valence-electron chi connectivity index (χ2n) is 10.7. The van der Waals surface area contributed by atoms with Crippen LogP contribution in [0.15, 0.2) is 64.9 Å². The smallest absolute Gasteiger partial charge is 0.143 e. The number of allylic oxidation sites excluding steroid dienone is 1. The summed E-state index contributed by atoms with van der Waals surface area (Å²) in [6.07, 6.45) is 3.75. The van der Waals surface area contributed by atoms with E-state index < -0.39 is 0 Å². The van der Waals surface area contributed by atoms with Crippen molar-refractivity contribution in [2.24, 2.45) is 17.5 Å². The van der Waals surface area contributed by atoms with Gasteiger partial charge in [-0.2, -0.15) is 0 Å². The number of nitrogens with zero attached hydrogens (tertiary/aromatic N) is 5. The van der Waals surface area contributed by atoms with Crippen LogP contribution in [0.4, 0.5) is 0 Å². The molecule has 4 aromatic heterocycles. The van der Waals surface area contributed by atoms with Crippen LogP contribution >= 0.6 is 0 Å². The number of aryl methyl sites for hydroxylation is 2. The molecule has 1 fully saturated rings. The Bertz CT molecular complexity index is 1690. The molecular formula is C31H35N7O2. The summed E-state index contributed by atoms with van der Waals surface area (Å²) in [6, 6.07) is 17.0. The molecule has 206 valence electrons. The minimum Gasteiger partial charge on any atom is -0.401 e. The molecule has 0 amide bonds. The molecule has 0 radical (unpaired) electrons. The fraction of sp³-hybridized carbons (Fsp3) is 0.323. The number of hydrazine groups is 1. The van der Waals surface area contributed by atoms with E-state index >= 15 is 0 Å². The van der Waals surface area contributed by atoms with Gasteiger partial charge < -0.3 is 24.6 Å². The summed E-state index contributed by atoms with van der Waals surface area (Å²) in [6.45, 7) is 7.20. The molecule has 1 aromatic carbocycles. The van der Waals surface area contributed by atoms with E-state index in [0.717, 1.165) is 82.1 Å². The van der Waals surface area contributed by atoms with E-state index in [1.165, 1.54) is 5.56 Å². The molecule has 0 spiro atoms. The molecule has 0 bridgehead atoms. The van der Waals surface area contributed by atoms with Gasteiger partial charge in [-0.05, 0) is 63.3 Å². The molecule has 0 aliphatic carbocycles. The molecule has 40 heavy (non-hydrogen) atoms. The number of ether oxygens (including phenoxy) is 1. The SMILES string of the molecule is C/C(N)=C(\c1cnc2c3ccc(-c4c(C)noc4C)nc3n([C@H](c3ccccc3)C3CCOCC3)c2c1)N(C)N. The molecular weight excluding hydrogens is 502 g/mol. The van der Waals surface area contributed by atoms with Crippen molar-refractivity contribution in [1.29, 1.82) is 0 Å². The Balaban J connectivity index is 1.70. The van der Waals surface area contributed by atoms with Crippen molar-refractivity contribution in [2.75, 3.05) is 20.3 Å². The molecule has 4 N–H and O–H groups in total. The van der Waals surface area contributed by atoms with Gasteiger partial charge in [0.25, 0.3) is 0 Å². The van der Waals surface area contributed by atoms with E-state index in [2.05, 4.69) is 52.2 Å². The van der Waals surface area contributed by atoms with Crippen LogP contribution in [0, 0.1) is 19.8 Å². The van der Waals surface area contributed by atoms with Crippen molar-refractivity contribution >= 4 is 27.8 Å². The van der Waals surface area contributed by atoms with Crippen LogP contribution in [-0.2, 0) is 4.74 Å². The van der Waals surface area contributed by atoms with Crippen LogP contribution in [0.3, 0.4) is 0 Å². The highest BCUT2D eigenvalue weighted by molar-refractivity contribution is 6.05. The van der Waals surface area contributed by atoms with E-state index in [4.69, 9.17) is 30.8 Å². The van der Waals surface area contributed by atoms with Crippen LogP contribution in [0.2, 0.25) is 0 Å². The Labute approximate surface area is 233 Å². The summed E-state index contributed by atoms with van der Waals surface area (Å²) in [5.41, 5.74) is 15.0. The lowest BCUT2D eigenvalue weighted by Crippen LogP contribution is -2.27. The lowest BCUT2D eigenvalue weighted by atomic mass is 9.86. The number of benzene rings is 1. The normalized spacial score (nSPS) is 15.9. The third kappa shape index (κ3) is 4.41. The zero-order valence-corrected chi connectivity index (χ0v) is 23.4. The highest BCUT2D eigenvalue weighted by Gasteiger charge is 2.31. The van der Waals surface area contributed by atoms with Crippen molar-refractivity contribution in [2.45, 2.75) is 39.7 Å². The maximum absolute atomic E-state index is 6.28. The minimum atomic E-state index is 0.0246. The number of fused-ring (bicyclic) bond motifs is 3. The number of hydrogen-bond donors (Lipinski definition) is 2. The van der Waals surface area contributed by atoms with E-state index in [1.54, 1.807) is 12.1 Å². The molecule has 9 heteroatoms. The van der Waals surface area contributed by atoms with Gasteiger partial charge >= 0.3 is 0 Å². The van der Waals surface area contributed by atoms with Crippen molar-refractivity contribution in [1.82, 2.24) is 24.7 Å². The first kappa shape index (κ1) is 26.0. The largest absolute Gasteiger partial charge is 0.401 e. The van der Waals surface area contributed by atoms with Gasteiger partial charge in [0.1, 0.15) is 11.4 Å². The molecule has 0 saturated carbocycles. The topological polar surface area (TPSA) is 121 Å². The van der Waals surface area contributed by atoms with Crippen LogP contribution in [0.25, 0.3) is 39.0 Å². The molecule has 0 unspecified atom stereocenters. The number of hydrogen-bond acceptors (Lipinski definition) is 8. The monoisotopic (exact) mass is 537 g/mol. The molecule has 6 rings (SSSR count). The minimum absolute atomic E-state index is 0.0246. The number of pyridine rings is 2. The third-order valence-corrected chi connectivity index (χ3v) is 7.91. The maximum Gasteiger partial charge on any atom is 0.143 e. The number of rotatable bonds is 6. The van der Waals surface area contributed by atoms with E-state index in [-0.39, 0.29) is 6.04 Å². The van der Waals surface area contributed by atoms with Gasteiger partial charge in [-0.15, -0.1) is 0 Å². The van der Waals surface area contributed by atoms with Crippen molar-refractivity contribution in [3.05, 3.63) is 83.0 Å². The summed E-state index contributed by atoms with van der Waals surface area (Å²) in [7, 11) is 1.79. The summed E-state index contributed by atoms with van der Waals surface area (Å²) in [5.74, 6) is 7.32. The molecule has 9 nitrogen and oxygen atoms in total. The van der Waals surface area contributed by atoms with E-state index in [1.807, 2.05) is 33.0 Å². The average molecular weight is 538 g/mol. The first-order valence-corrected chi connectivity index (χ1v) is 13.7. The first-order chi connectivity index (χ1) is 19.3. The quantitative estimate of drug-likeness (QED) is 0.220. The molecule has 1 aliphatic rings. The van der Waals surface area contributed by atoms with E-state index in [0.29, 0.717) is 11.6 Å². The fourth-order valence-electron chi connectivity index (χ4n) is 6.20. The summed E-state index contributed by atoms with van der Waals surface area (Å²) >= 11 is 0. The second-order valence-corrected chi connectivity index (χ2v) is 10.7. The lowest BCUT2D eigenvalue weighted by Gasteiger charge is -2.33. The number of nitrogens with two attached hydrogens (primary N) is 2. The summed E-state index contributed by atoms with van der Waals surface area (Å²) in [4.78, 5) is 10.3. The van der Waals surface area contributed by atoms with Crippen LogP contribution in [0.5, 0.6) is 0 Å². The summed E-state index contributed by atoms with van der Waals surface area (Å²) < 4.78 is 13.6. The van der Waals surface area contributed by atoms with Crippen LogP contribution in [0.1, 0.15) is 48.4 Å². The van der Waals surface area contributed by atoms with Gasteiger partial charge in [0.05, 0.1) is 39.7 Å². The van der Waals surface area contributed by atoms with Gasteiger partial charge in [0.2, 0.25) is 0 Å². The Kier molecular flexibility index (Phi) is 6.77. The van der Waals surface area contributed by atoms with Gasteiger partial charge in [0.15, 0.2) is 0 Å². The molecule has 1 saturated heterocycles. The Hall–Kier alpha value is -4.21. The van der Waals surface area contributed by atoms with Gasteiger partial charge in [0, 0.05) is 43.1 Å². The average Bonchev–Trinajstić information content (AvgIpc) is 3.45. The highest BCUT2D eigenvalue weighted by Crippen LogP contribution is 2.41. The van der Waals surface area contributed by atoms with Crippen molar-refractivity contribution < 1.29 is 9.26 Å². The predicted octanol–water partition coefficient (Wildman–Crippen LogP) is 5.33.